The van der Waals surface area contributed by atoms with E-state index >= 15 is 0 Å². The van der Waals surface area contributed by atoms with E-state index in [2.05, 4.69) is 20.6 Å². The van der Waals surface area contributed by atoms with Gasteiger partial charge in [0.15, 0.2) is 0 Å². The van der Waals surface area contributed by atoms with Crippen molar-refractivity contribution in [3.05, 3.63) is 65.4 Å². The van der Waals surface area contributed by atoms with Gasteiger partial charge in [-0.25, -0.2) is 14.1 Å². The maximum atomic E-state index is 14.1. The summed E-state index contributed by atoms with van der Waals surface area (Å²) in [5.41, 5.74) is 1.99. The lowest BCUT2D eigenvalue weighted by Gasteiger charge is -2.10. The van der Waals surface area contributed by atoms with Crippen molar-refractivity contribution >= 4 is 5.91 Å². The van der Waals surface area contributed by atoms with Gasteiger partial charge in [0.25, 0.3) is 5.91 Å². The Hall–Kier alpha value is -3.29. The molecular formula is C19H20FN5O2. The van der Waals surface area contributed by atoms with E-state index in [9.17, 15) is 9.18 Å². The number of carbonyl (C=O) groups excluding carboxylic acids is 1. The molecule has 0 bridgehead atoms. The van der Waals surface area contributed by atoms with Crippen LogP contribution in [0.15, 0.2) is 42.6 Å². The van der Waals surface area contributed by atoms with Gasteiger partial charge in [0, 0.05) is 18.3 Å². The Bertz CT molecular complexity index is 938. The molecule has 1 N–H and O–H groups in total. The van der Waals surface area contributed by atoms with Crippen LogP contribution in [-0.4, -0.2) is 31.9 Å². The molecule has 140 valence electrons. The molecule has 3 aromatic rings. The summed E-state index contributed by atoms with van der Waals surface area (Å²) in [5, 5.41) is 10.8. The van der Waals surface area contributed by atoms with Crippen molar-refractivity contribution in [3.8, 4) is 11.6 Å². The van der Waals surface area contributed by atoms with Crippen LogP contribution in [0.2, 0.25) is 0 Å². The van der Waals surface area contributed by atoms with Crippen LogP contribution in [0.3, 0.4) is 0 Å². The Morgan fingerprint density at radius 3 is 2.70 bits per heavy atom. The van der Waals surface area contributed by atoms with Crippen molar-refractivity contribution in [2.45, 2.75) is 33.4 Å². The average molecular weight is 369 g/mol. The van der Waals surface area contributed by atoms with Crippen LogP contribution in [0.25, 0.3) is 5.69 Å². The number of rotatable bonds is 6. The zero-order valence-electron chi connectivity index (χ0n) is 15.3. The fraction of sp³-hybridized carbons (Fsp3) is 0.263. The van der Waals surface area contributed by atoms with Gasteiger partial charge in [-0.05, 0) is 39.0 Å². The molecule has 0 radical (unpaired) electrons. The summed E-state index contributed by atoms with van der Waals surface area (Å²) in [4.78, 5) is 16.1. The molecule has 2 heterocycles. The number of aromatic nitrogens is 4. The number of ether oxygens (including phenoxy) is 1. The van der Waals surface area contributed by atoms with E-state index in [4.69, 9.17) is 4.74 Å². The lowest BCUT2D eigenvalue weighted by molar-refractivity contribution is 0.0942. The molecule has 27 heavy (non-hydrogen) atoms. The maximum absolute atomic E-state index is 14.1. The monoisotopic (exact) mass is 369 g/mol. The second-order valence-electron chi connectivity index (χ2n) is 6.29. The quantitative estimate of drug-likeness (QED) is 0.722. The van der Waals surface area contributed by atoms with E-state index in [0.29, 0.717) is 28.5 Å². The standard InChI is InChI=1S/C19H20FN5O2/c1-12(2)22-19(26)14-8-9-18(21-10-14)27-11-17-13(3)23-24-25(17)16-7-5-4-6-15(16)20/h4-10,12H,11H2,1-3H3,(H,22,26). The molecule has 0 unspecified atom stereocenters. The number of nitrogens with zero attached hydrogens (tertiary/aromatic N) is 4. The highest BCUT2D eigenvalue weighted by Crippen LogP contribution is 2.18. The normalized spacial score (nSPS) is 10.9. The minimum Gasteiger partial charge on any atom is -0.471 e. The van der Waals surface area contributed by atoms with Gasteiger partial charge in [-0.2, -0.15) is 0 Å². The highest BCUT2D eigenvalue weighted by molar-refractivity contribution is 5.94. The Morgan fingerprint density at radius 2 is 2.04 bits per heavy atom. The first-order valence-corrected chi connectivity index (χ1v) is 8.51. The minimum absolute atomic E-state index is 0.0440. The van der Waals surface area contributed by atoms with Crippen LogP contribution in [0.1, 0.15) is 35.6 Å². The highest BCUT2D eigenvalue weighted by atomic mass is 19.1. The van der Waals surface area contributed by atoms with Gasteiger partial charge >= 0.3 is 0 Å². The summed E-state index contributed by atoms with van der Waals surface area (Å²) in [5.74, 6) is -0.249. The molecule has 0 aliphatic carbocycles. The van der Waals surface area contributed by atoms with Gasteiger partial charge in [0.05, 0.1) is 11.3 Å². The van der Waals surface area contributed by atoms with E-state index in [-0.39, 0.29) is 18.6 Å². The number of hydrogen-bond acceptors (Lipinski definition) is 5. The van der Waals surface area contributed by atoms with E-state index in [1.807, 2.05) is 13.8 Å². The number of carbonyl (C=O) groups is 1. The zero-order chi connectivity index (χ0) is 19.4. The predicted octanol–water partition coefficient (Wildman–Crippen LogP) is 2.83. The number of pyridine rings is 1. The number of nitrogens with one attached hydrogen (secondary N) is 1. The SMILES string of the molecule is Cc1nnn(-c2ccccc2F)c1COc1ccc(C(=O)NC(C)C)cn1. The van der Waals surface area contributed by atoms with Crippen molar-refractivity contribution < 1.29 is 13.9 Å². The summed E-state index contributed by atoms with van der Waals surface area (Å²) in [6, 6.07) is 9.61. The smallest absolute Gasteiger partial charge is 0.253 e. The number of amides is 1. The molecule has 0 aliphatic rings. The minimum atomic E-state index is -0.401. The molecule has 0 saturated heterocycles. The third-order valence-corrected chi connectivity index (χ3v) is 3.81. The first-order chi connectivity index (χ1) is 13.0. The van der Waals surface area contributed by atoms with Gasteiger partial charge in [0.1, 0.15) is 23.8 Å². The van der Waals surface area contributed by atoms with Crippen molar-refractivity contribution in [3.63, 3.8) is 0 Å². The molecule has 0 fully saturated rings. The molecule has 0 atom stereocenters. The molecular weight excluding hydrogens is 349 g/mol. The second kappa shape index (κ2) is 7.94. The van der Waals surface area contributed by atoms with E-state index < -0.39 is 5.82 Å². The summed E-state index contributed by atoms with van der Waals surface area (Å²) in [6.07, 6.45) is 1.45. The molecule has 0 saturated carbocycles. The lowest BCUT2D eigenvalue weighted by atomic mass is 10.2. The third-order valence-electron chi connectivity index (χ3n) is 3.81. The molecule has 0 aliphatic heterocycles. The number of hydrogen-bond donors (Lipinski definition) is 1. The van der Waals surface area contributed by atoms with E-state index in [1.54, 1.807) is 37.3 Å². The van der Waals surface area contributed by atoms with Crippen molar-refractivity contribution in [1.29, 1.82) is 0 Å². The van der Waals surface area contributed by atoms with Crippen LogP contribution in [0, 0.1) is 12.7 Å². The molecule has 8 heteroatoms. The molecule has 7 nitrogen and oxygen atoms in total. The van der Waals surface area contributed by atoms with Crippen LogP contribution in [0.4, 0.5) is 4.39 Å². The molecule has 0 spiro atoms. The van der Waals surface area contributed by atoms with Gasteiger partial charge in [-0.3, -0.25) is 4.79 Å². The number of para-hydroxylation sites is 1. The summed E-state index contributed by atoms with van der Waals surface area (Å²) < 4.78 is 21.2. The first-order valence-electron chi connectivity index (χ1n) is 8.51. The Morgan fingerprint density at radius 1 is 1.26 bits per heavy atom. The summed E-state index contributed by atoms with van der Waals surface area (Å²) in [6.45, 7) is 5.66. The second-order valence-corrected chi connectivity index (χ2v) is 6.29. The molecule has 1 aromatic carbocycles. The fourth-order valence-corrected chi connectivity index (χ4v) is 2.45. The average Bonchev–Trinajstić information content (AvgIpc) is 3.00. The van der Waals surface area contributed by atoms with Crippen molar-refractivity contribution in [2.75, 3.05) is 0 Å². The molecule has 1 amide bonds. The van der Waals surface area contributed by atoms with Crippen LogP contribution in [-0.2, 0) is 6.61 Å². The Kier molecular flexibility index (Phi) is 5.44. The molecule has 2 aromatic heterocycles. The van der Waals surface area contributed by atoms with Crippen molar-refractivity contribution in [2.24, 2.45) is 0 Å². The predicted molar refractivity (Wildman–Crippen MR) is 97.2 cm³/mol. The number of halogens is 1. The summed E-state index contributed by atoms with van der Waals surface area (Å²) >= 11 is 0. The van der Waals surface area contributed by atoms with Gasteiger partial charge in [-0.15, -0.1) is 5.10 Å². The first kappa shape index (κ1) is 18.5. The Labute approximate surface area is 156 Å². The van der Waals surface area contributed by atoms with Crippen LogP contribution < -0.4 is 10.1 Å². The lowest BCUT2D eigenvalue weighted by Crippen LogP contribution is -2.30. The summed E-state index contributed by atoms with van der Waals surface area (Å²) in [7, 11) is 0. The topological polar surface area (TPSA) is 81.9 Å². The van der Waals surface area contributed by atoms with E-state index in [0.717, 1.165) is 0 Å². The number of aryl methyl sites for hydroxylation is 1. The Balaban J connectivity index is 1.74. The fourth-order valence-electron chi connectivity index (χ4n) is 2.45. The van der Waals surface area contributed by atoms with Gasteiger partial charge in [-0.1, -0.05) is 17.3 Å². The third kappa shape index (κ3) is 4.28. The van der Waals surface area contributed by atoms with Crippen LogP contribution in [0.5, 0.6) is 5.88 Å². The van der Waals surface area contributed by atoms with Crippen LogP contribution >= 0.6 is 0 Å². The van der Waals surface area contributed by atoms with Crippen molar-refractivity contribution in [1.82, 2.24) is 25.3 Å². The van der Waals surface area contributed by atoms with Gasteiger partial charge < -0.3 is 10.1 Å². The molecule has 3 rings (SSSR count). The van der Waals surface area contributed by atoms with Gasteiger partial charge in [0.2, 0.25) is 5.88 Å². The highest BCUT2D eigenvalue weighted by Gasteiger charge is 2.15. The largest absolute Gasteiger partial charge is 0.471 e. The zero-order valence-corrected chi connectivity index (χ0v) is 15.3. The number of benzene rings is 1. The van der Waals surface area contributed by atoms with E-state index in [1.165, 1.54) is 16.9 Å². The maximum Gasteiger partial charge on any atom is 0.253 e.